The number of aryl methyl sites for hydroxylation is 1. The number of nitrogens with one attached hydrogen (secondary N) is 1. The van der Waals surface area contributed by atoms with Crippen LogP contribution in [0.1, 0.15) is 38.7 Å². The highest BCUT2D eigenvalue weighted by Gasteiger charge is 2.19. The zero-order valence-electron chi connectivity index (χ0n) is 11.2. The summed E-state index contributed by atoms with van der Waals surface area (Å²) >= 11 is 1.79. The van der Waals surface area contributed by atoms with Crippen LogP contribution in [0.15, 0.2) is 17.6 Å². The van der Waals surface area contributed by atoms with Crippen molar-refractivity contribution in [3.8, 4) is 0 Å². The Bertz CT molecular complexity index is 313. The van der Waals surface area contributed by atoms with Gasteiger partial charge >= 0.3 is 0 Å². The molecule has 2 unspecified atom stereocenters. The summed E-state index contributed by atoms with van der Waals surface area (Å²) in [5.74, 6) is 0. The summed E-state index contributed by atoms with van der Waals surface area (Å²) in [6.07, 6.45) is 7.31. The Morgan fingerprint density at radius 1 is 1.29 bits per heavy atom. The lowest BCUT2D eigenvalue weighted by atomic mass is 10.1. The highest BCUT2D eigenvalue weighted by Crippen LogP contribution is 2.26. The van der Waals surface area contributed by atoms with Crippen molar-refractivity contribution in [2.45, 2.75) is 56.5 Å². The third-order valence-corrected chi connectivity index (χ3v) is 4.22. The molecule has 2 atom stereocenters. The van der Waals surface area contributed by atoms with E-state index in [4.69, 9.17) is 0 Å². The molecule has 1 aromatic heterocycles. The van der Waals surface area contributed by atoms with E-state index in [1.54, 1.807) is 11.8 Å². The summed E-state index contributed by atoms with van der Waals surface area (Å²) in [7, 11) is 2.04. The maximum atomic E-state index is 4.37. The van der Waals surface area contributed by atoms with Gasteiger partial charge in [-0.05, 0) is 32.4 Å². The van der Waals surface area contributed by atoms with E-state index in [9.17, 15) is 0 Å². The summed E-state index contributed by atoms with van der Waals surface area (Å²) in [6.45, 7) is 6.47. The van der Waals surface area contributed by atoms with Crippen LogP contribution in [0.2, 0.25) is 0 Å². The van der Waals surface area contributed by atoms with Gasteiger partial charge in [0.1, 0.15) is 0 Å². The SMILES string of the molecule is CCCC(NC)C(CC)Sc1ncc(C)cn1. The van der Waals surface area contributed by atoms with Crippen molar-refractivity contribution < 1.29 is 0 Å². The molecule has 0 amide bonds. The molecule has 3 nitrogen and oxygen atoms in total. The van der Waals surface area contributed by atoms with E-state index in [-0.39, 0.29) is 0 Å². The Morgan fingerprint density at radius 2 is 1.94 bits per heavy atom. The molecule has 0 aliphatic carbocycles. The quantitative estimate of drug-likeness (QED) is 0.599. The molecule has 1 N–H and O–H groups in total. The van der Waals surface area contributed by atoms with Gasteiger partial charge in [-0.15, -0.1) is 0 Å². The fourth-order valence-corrected chi connectivity index (χ4v) is 2.96. The van der Waals surface area contributed by atoms with Crippen molar-refractivity contribution in [3.63, 3.8) is 0 Å². The molecule has 0 radical (unpaired) electrons. The van der Waals surface area contributed by atoms with Gasteiger partial charge < -0.3 is 5.32 Å². The van der Waals surface area contributed by atoms with Gasteiger partial charge in [-0.1, -0.05) is 32.0 Å². The highest BCUT2D eigenvalue weighted by atomic mass is 32.2. The number of rotatable bonds is 7. The molecule has 0 bridgehead atoms. The number of aromatic nitrogens is 2. The van der Waals surface area contributed by atoms with E-state index < -0.39 is 0 Å². The van der Waals surface area contributed by atoms with Crippen molar-refractivity contribution in [1.29, 1.82) is 0 Å². The Morgan fingerprint density at radius 3 is 2.41 bits per heavy atom. The molecule has 4 heteroatoms. The smallest absolute Gasteiger partial charge is 0.187 e. The maximum Gasteiger partial charge on any atom is 0.187 e. The van der Waals surface area contributed by atoms with Crippen molar-refractivity contribution in [1.82, 2.24) is 15.3 Å². The first-order valence-electron chi connectivity index (χ1n) is 6.33. The third-order valence-electron chi connectivity index (χ3n) is 2.84. The fourth-order valence-electron chi connectivity index (χ4n) is 1.85. The van der Waals surface area contributed by atoms with Gasteiger partial charge in [0, 0.05) is 23.7 Å². The maximum absolute atomic E-state index is 4.37. The number of hydrogen-bond donors (Lipinski definition) is 1. The van der Waals surface area contributed by atoms with Gasteiger partial charge in [0.15, 0.2) is 5.16 Å². The fraction of sp³-hybridized carbons (Fsp3) is 0.692. The van der Waals surface area contributed by atoms with Gasteiger partial charge in [0.2, 0.25) is 0 Å². The first-order chi connectivity index (χ1) is 8.21. The van der Waals surface area contributed by atoms with E-state index in [1.165, 1.54) is 12.8 Å². The Kier molecular flexibility index (Phi) is 6.52. The lowest BCUT2D eigenvalue weighted by Gasteiger charge is -2.24. The molecular formula is C13H23N3S. The van der Waals surface area contributed by atoms with Gasteiger partial charge in [0.25, 0.3) is 0 Å². The first-order valence-corrected chi connectivity index (χ1v) is 7.21. The number of nitrogens with zero attached hydrogens (tertiary/aromatic N) is 2. The summed E-state index contributed by atoms with van der Waals surface area (Å²) in [5, 5.41) is 4.84. The molecule has 0 aliphatic heterocycles. The van der Waals surface area contributed by atoms with Crippen LogP contribution < -0.4 is 5.32 Å². The van der Waals surface area contributed by atoms with E-state index in [1.807, 2.05) is 26.4 Å². The minimum absolute atomic E-state index is 0.542. The van der Waals surface area contributed by atoms with Crippen LogP contribution in [0, 0.1) is 6.92 Å². The van der Waals surface area contributed by atoms with Crippen LogP contribution in [-0.4, -0.2) is 28.3 Å². The third kappa shape index (κ3) is 4.64. The summed E-state index contributed by atoms with van der Waals surface area (Å²) < 4.78 is 0. The molecule has 1 aromatic rings. The molecule has 0 fully saturated rings. The second-order valence-electron chi connectivity index (χ2n) is 4.29. The Hall–Kier alpha value is -0.610. The molecule has 96 valence electrons. The van der Waals surface area contributed by atoms with Crippen LogP contribution in [0.5, 0.6) is 0 Å². The van der Waals surface area contributed by atoms with Gasteiger partial charge in [-0.3, -0.25) is 0 Å². The largest absolute Gasteiger partial charge is 0.316 e. The van der Waals surface area contributed by atoms with Gasteiger partial charge in [0.05, 0.1) is 0 Å². The second kappa shape index (κ2) is 7.67. The molecule has 17 heavy (non-hydrogen) atoms. The van der Waals surface area contributed by atoms with E-state index in [0.717, 1.165) is 17.1 Å². The first kappa shape index (κ1) is 14.5. The zero-order chi connectivity index (χ0) is 12.7. The predicted molar refractivity (Wildman–Crippen MR) is 74.5 cm³/mol. The second-order valence-corrected chi connectivity index (χ2v) is 5.50. The monoisotopic (exact) mass is 253 g/mol. The van der Waals surface area contributed by atoms with Gasteiger partial charge in [-0.2, -0.15) is 0 Å². The molecular weight excluding hydrogens is 230 g/mol. The standard InChI is InChI=1S/C13H23N3S/c1-5-7-11(14-4)12(6-2)17-13-15-8-10(3)9-16-13/h8-9,11-12,14H,5-7H2,1-4H3. The van der Waals surface area contributed by atoms with Crippen molar-refractivity contribution in [2.24, 2.45) is 0 Å². The average Bonchev–Trinajstić information content (AvgIpc) is 2.36. The normalized spacial score (nSPS) is 14.6. The number of hydrogen-bond acceptors (Lipinski definition) is 4. The molecule has 0 spiro atoms. The molecule has 1 heterocycles. The van der Waals surface area contributed by atoms with Crippen molar-refractivity contribution >= 4 is 11.8 Å². The average molecular weight is 253 g/mol. The van der Waals surface area contributed by atoms with E-state index in [2.05, 4.69) is 29.1 Å². The van der Waals surface area contributed by atoms with Crippen LogP contribution in [0.25, 0.3) is 0 Å². The van der Waals surface area contributed by atoms with Gasteiger partial charge in [-0.25, -0.2) is 9.97 Å². The molecule has 1 rings (SSSR count). The summed E-state index contributed by atoms with van der Waals surface area (Å²) in [5.41, 5.74) is 1.11. The molecule has 0 aliphatic rings. The van der Waals surface area contributed by atoms with E-state index in [0.29, 0.717) is 11.3 Å². The zero-order valence-corrected chi connectivity index (χ0v) is 12.0. The topological polar surface area (TPSA) is 37.8 Å². The van der Waals surface area contributed by atoms with Crippen LogP contribution in [-0.2, 0) is 0 Å². The van der Waals surface area contributed by atoms with E-state index >= 15 is 0 Å². The summed E-state index contributed by atoms with van der Waals surface area (Å²) in [4.78, 5) is 8.73. The van der Waals surface area contributed by atoms with Crippen molar-refractivity contribution in [2.75, 3.05) is 7.05 Å². The minimum Gasteiger partial charge on any atom is -0.316 e. The molecule has 0 saturated carbocycles. The molecule has 0 saturated heterocycles. The van der Waals surface area contributed by atoms with Crippen LogP contribution in [0.3, 0.4) is 0 Å². The molecule has 0 aromatic carbocycles. The lowest BCUT2D eigenvalue weighted by molar-refractivity contribution is 0.489. The van der Waals surface area contributed by atoms with Crippen LogP contribution in [0.4, 0.5) is 0 Å². The summed E-state index contributed by atoms with van der Waals surface area (Å²) in [6, 6.07) is 0.542. The minimum atomic E-state index is 0.542. The van der Waals surface area contributed by atoms with Crippen molar-refractivity contribution in [3.05, 3.63) is 18.0 Å². The predicted octanol–water partition coefficient (Wildman–Crippen LogP) is 3.04. The Balaban J connectivity index is 2.64. The lowest BCUT2D eigenvalue weighted by Crippen LogP contribution is -2.35. The van der Waals surface area contributed by atoms with Crippen LogP contribution >= 0.6 is 11.8 Å². The Labute approximate surface area is 109 Å². The number of thioether (sulfide) groups is 1. The highest BCUT2D eigenvalue weighted by molar-refractivity contribution is 7.99.